The Morgan fingerprint density at radius 2 is 0.742 bits per heavy atom. The minimum absolute atomic E-state index is 0.0805. The standard InChI is InChI=1S/C52H68N2O8/c1-3-5-7-9-11-13-15-17-19-21-23-25-27-47(55)59-41-33-35-43-45(37-41)53-49(61-51(43)57)39-29-31-40(32-30-39)50-54-46-38-42(34-36-44(46)52(58)62-50)60-48(56)28-26-24-22-20-18-16-14-12-10-8-6-4-2/h29-38H,3-28H2,1-2H3. The van der Waals surface area contributed by atoms with Crippen LogP contribution in [0.25, 0.3) is 44.7 Å². The van der Waals surface area contributed by atoms with Crippen molar-refractivity contribution in [3.8, 4) is 34.4 Å². The lowest BCUT2D eigenvalue weighted by molar-refractivity contribution is -0.135. The molecule has 5 aromatic rings. The van der Waals surface area contributed by atoms with E-state index in [0.29, 0.717) is 46.5 Å². The molecule has 3 aromatic carbocycles. The quantitative estimate of drug-likeness (QED) is 0.0249. The molecule has 0 fully saturated rings. The molecule has 334 valence electrons. The summed E-state index contributed by atoms with van der Waals surface area (Å²) < 4.78 is 22.3. The average molecular weight is 849 g/mol. The molecule has 0 amide bonds. The summed E-state index contributed by atoms with van der Waals surface area (Å²) in [7, 11) is 0. The maximum absolute atomic E-state index is 12.9. The Kier molecular flexibility index (Phi) is 20.9. The predicted molar refractivity (Wildman–Crippen MR) is 248 cm³/mol. The first-order valence-electron chi connectivity index (χ1n) is 23.8. The smallest absolute Gasteiger partial charge is 0.347 e. The van der Waals surface area contributed by atoms with E-state index in [1.165, 1.54) is 116 Å². The zero-order valence-corrected chi connectivity index (χ0v) is 37.3. The topological polar surface area (TPSA) is 139 Å². The fourth-order valence-corrected chi connectivity index (χ4v) is 7.82. The van der Waals surface area contributed by atoms with Crippen LogP contribution in [0, 0.1) is 0 Å². The number of hydrogen-bond acceptors (Lipinski definition) is 10. The highest BCUT2D eigenvalue weighted by Crippen LogP contribution is 2.27. The van der Waals surface area contributed by atoms with E-state index in [1.807, 2.05) is 0 Å². The van der Waals surface area contributed by atoms with E-state index in [9.17, 15) is 19.2 Å². The molecule has 0 bridgehead atoms. The van der Waals surface area contributed by atoms with E-state index in [2.05, 4.69) is 23.8 Å². The third-order valence-electron chi connectivity index (χ3n) is 11.5. The van der Waals surface area contributed by atoms with Gasteiger partial charge in [-0.2, -0.15) is 0 Å². The lowest BCUT2D eigenvalue weighted by Crippen LogP contribution is -2.08. The first kappa shape index (κ1) is 47.9. The number of nitrogens with zero attached hydrogens (tertiary/aromatic N) is 2. The van der Waals surface area contributed by atoms with Crippen molar-refractivity contribution in [2.45, 2.75) is 181 Å². The molecule has 5 rings (SSSR count). The van der Waals surface area contributed by atoms with Gasteiger partial charge in [0.25, 0.3) is 0 Å². The molecule has 2 heterocycles. The number of aromatic nitrogens is 2. The van der Waals surface area contributed by atoms with Crippen LogP contribution in [0.4, 0.5) is 0 Å². The molecule has 0 saturated carbocycles. The first-order valence-corrected chi connectivity index (χ1v) is 23.8. The van der Waals surface area contributed by atoms with Gasteiger partial charge in [-0.1, -0.05) is 155 Å². The van der Waals surface area contributed by atoms with Crippen LogP contribution >= 0.6 is 0 Å². The number of unbranched alkanes of at least 4 members (excludes halogenated alkanes) is 22. The molecule has 0 saturated heterocycles. The van der Waals surface area contributed by atoms with Crippen molar-refractivity contribution in [2.24, 2.45) is 0 Å². The van der Waals surface area contributed by atoms with Crippen LogP contribution in [0.2, 0.25) is 0 Å². The van der Waals surface area contributed by atoms with Crippen LogP contribution in [0.1, 0.15) is 181 Å². The zero-order chi connectivity index (χ0) is 43.8. The van der Waals surface area contributed by atoms with Gasteiger partial charge in [0.15, 0.2) is 0 Å². The Morgan fingerprint density at radius 1 is 0.435 bits per heavy atom. The fourth-order valence-electron chi connectivity index (χ4n) is 7.82. The predicted octanol–water partition coefficient (Wildman–Crippen LogP) is 14.0. The van der Waals surface area contributed by atoms with E-state index in [4.69, 9.17) is 18.3 Å². The van der Waals surface area contributed by atoms with Crippen molar-refractivity contribution in [3.05, 3.63) is 81.5 Å². The molecule has 10 nitrogen and oxygen atoms in total. The van der Waals surface area contributed by atoms with E-state index in [0.717, 1.165) is 38.5 Å². The zero-order valence-electron chi connectivity index (χ0n) is 37.3. The first-order chi connectivity index (χ1) is 30.3. The number of ether oxygens (including phenoxy) is 2. The van der Waals surface area contributed by atoms with Crippen molar-refractivity contribution in [3.63, 3.8) is 0 Å². The van der Waals surface area contributed by atoms with Gasteiger partial charge in [-0.3, -0.25) is 9.59 Å². The maximum atomic E-state index is 12.9. The molecule has 0 unspecified atom stereocenters. The maximum Gasteiger partial charge on any atom is 0.347 e. The third kappa shape index (κ3) is 16.3. The van der Waals surface area contributed by atoms with Crippen molar-refractivity contribution >= 4 is 33.7 Å². The lowest BCUT2D eigenvalue weighted by Gasteiger charge is -2.07. The normalized spacial score (nSPS) is 11.4. The highest BCUT2D eigenvalue weighted by molar-refractivity contribution is 5.83. The van der Waals surface area contributed by atoms with Crippen LogP contribution in [0.3, 0.4) is 0 Å². The van der Waals surface area contributed by atoms with Gasteiger partial charge in [-0.25, -0.2) is 19.6 Å². The molecule has 0 radical (unpaired) electrons. The summed E-state index contributed by atoms with van der Waals surface area (Å²) >= 11 is 0. The van der Waals surface area contributed by atoms with Crippen LogP contribution in [0.15, 0.2) is 79.1 Å². The molecule has 0 atom stereocenters. The number of rotatable bonds is 30. The Labute approximate surface area is 367 Å². The lowest BCUT2D eigenvalue weighted by atomic mass is 10.0. The minimum atomic E-state index is -0.573. The van der Waals surface area contributed by atoms with Gasteiger partial charge in [0.05, 0.1) is 21.8 Å². The number of benzene rings is 3. The molecular weight excluding hydrogens is 781 g/mol. The summed E-state index contributed by atoms with van der Waals surface area (Å²) in [5, 5.41) is 0.533. The largest absolute Gasteiger partial charge is 0.426 e. The number of esters is 2. The van der Waals surface area contributed by atoms with E-state index in [-0.39, 0.29) is 34.5 Å². The summed E-state index contributed by atoms with van der Waals surface area (Å²) in [6.45, 7) is 4.49. The highest BCUT2D eigenvalue weighted by atomic mass is 16.5. The second-order valence-electron chi connectivity index (χ2n) is 16.8. The molecular formula is C52H68N2O8. The Balaban J connectivity index is 1.09. The summed E-state index contributed by atoms with van der Waals surface area (Å²) in [5.74, 6) is 0.165. The van der Waals surface area contributed by atoms with Crippen molar-refractivity contribution in [2.75, 3.05) is 0 Å². The van der Waals surface area contributed by atoms with E-state index >= 15 is 0 Å². The molecule has 2 aromatic heterocycles. The molecule has 62 heavy (non-hydrogen) atoms. The summed E-state index contributed by atoms with van der Waals surface area (Å²) in [4.78, 5) is 60.2. The van der Waals surface area contributed by atoms with Gasteiger partial charge in [0.2, 0.25) is 11.8 Å². The minimum Gasteiger partial charge on any atom is -0.426 e. The SMILES string of the molecule is CCCCCCCCCCCCCCC(=O)Oc1ccc2c(=O)oc(-c3ccc(-c4nc5cc(OC(=O)CCCCCCCCCCCCCC)ccc5c(=O)o4)cc3)nc2c1. The Hall–Kier alpha value is -5.12. The van der Waals surface area contributed by atoms with Crippen molar-refractivity contribution in [1.29, 1.82) is 0 Å². The van der Waals surface area contributed by atoms with E-state index in [1.54, 1.807) is 60.7 Å². The van der Waals surface area contributed by atoms with Gasteiger partial charge in [-0.05, 0) is 61.4 Å². The third-order valence-corrected chi connectivity index (χ3v) is 11.5. The van der Waals surface area contributed by atoms with E-state index < -0.39 is 11.3 Å². The highest BCUT2D eigenvalue weighted by Gasteiger charge is 2.15. The molecule has 0 aliphatic heterocycles. The number of hydrogen-bond donors (Lipinski definition) is 0. The van der Waals surface area contributed by atoms with Gasteiger partial charge >= 0.3 is 23.2 Å². The van der Waals surface area contributed by atoms with Crippen molar-refractivity contribution < 1.29 is 27.9 Å². The van der Waals surface area contributed by atoms with Gasteiger partial charge < -0.3 is 18.3 Å². The molecule has 0 aliphatic carbocycles. The van der Waals surface area contributed by atoms with Gasteiger partial charge in [0.1, 0.15) is 11.5 Å². The second-order valence-corrected chi connectivity index (χ2v) is 16.8. The van der Waals surface area contributed by atoms with Crippen LogP contribution < -0.4 is 20.7 Å². The van der Waals surface area contributed by atoms with Crippen LogP contribution in [0.5, 0.6) is 11.5 Å². The van der Waals surface area contributed by atoms with Crippen molar-refractivity contribution in [1.82, 2.24) is 9.97 Å². The molecule has 0 aliphatic rings. The Bertz CT molecular complexity index is 2080. The second kappa shape index (κ2) is 27.0. The molecule has 0 N–H and O–H groups in total. The molecule has 0 spiro atoms. The summed E-state index contributed by atoms with van der Waals surface area (Å²) in [6.07, 6.45) is 29.9. The monoisotopic (exact) mass is 848 g/mol. The number of carbonyl (C=O) groups is 2. The van der Waals surface area contributed by atoms with Crippen LogP contribution in [-0.4, -0.2) is 21.9 Å². The summed E-state index contributed by atoms with van der Waals surface area (Å²) in [6, 6.07) is 16.1. The average Bonchev–Trinajstić information content (AvgIpc) is 3.27. The number of fused-ring (bicyclic) bond motifs is 2. The molecule has 10 heteroatoms. The fraction of sp³-hybridized carbons (Fsp3) is 0.538. The van der Waals surface area contributed by atoms with Gasteiger partial charge in [-0.15, -0.1) is 0 Å². The number of carbonyl (C=O) groups excluding carboxylic acids is 2. The Morgan fingerprint density at radius 3 is 1.06 bits per heavy atom. The summed E-state index contributed by atoms with van der Waals surface area (Å²) in [5.41, 5.74) is 0.542. The van der Waals surface area contributed by atoms with Crippen LogP contribution in [-0.2, 0) is 9.59 Å². The van der Waals surface area contributed by atoms with Gasteiger partial charge in [0, 0.05) is 36.1 Å².